The summed E-state index contributed by atoms with van der Waals surface area (Å²) in [5.41, 5.74) is 1.69. The summed E-state index contributed by atoms with van der Waals surface area (Å²) in [6.45, 7) is 1.16. The number of halogens is 1. The average molecular weight is 351 g/mol. The smallest absolute Gasteiger partial charge is 0.241 e. The summed E-state index contributed by atoms with van der Waals surface area (Å²) in [7, 11) is 1.62. The molecule has 0 spiro atoms. The first-order valence-corrected chi connectivity index (χ1v) is 8.01. The van der Waals surface area contributed by atoms with E-state index in [1.54, 1.807) is 7.05 Å². The third kappa shape index (κ3) is 4.07. The number of carbonyl (C=O) groups excluding carboxylic acids is 2. The highest BCUT2D eigenvalue weighted by molar-refractivity contribution is 5.97. The summed E-state index contributed by atoms with van der Waals surface area (Å²) in [5, 5.41) is 9.88. The Bertz CT molecular complexity index is 722. The van der Waals surface area contributed by atoms with Gasteiger partial charge in [0.25, 0.3) is 0 Å². The Kier molecular flexibility index (Phi) is 6.23. The van der Waals surface area contributed by atoms with Crippen LogP contribution in [0.5, 0.6) is 0 Å². The van der Waals surface area contributed by atoms with Crippen molar-refractivity contribution in [3.8, 4) is 0 Å². The van der Waals surface area contributed by atoms with E-state index in [2.05, 4.69) is 16.0 Å². The SMILES string of the molecule is CNC(=O)Cn1ccc2ccc(NC(=O)C3CCCCN3)cc21.Cl. The number of piperidine rings is 1. The van der Waals surface area contributed by atoms with E-state index in [-0.39, 0.29) is 36.8 Å². The van der Waals surface area contributed by atoms with Gasteiger partial charge in [-0.2, -0.15) is 0 Å². The van der Waals surface area contributed by atoms with Crippen LogP contribution in [0.2, 0.25) is 0 Å². The molecule has 7 heteroatoms. The van der Waals surface area contributed by atoms with Gasteiger partial charge in [0.1, 0.15) is 6.54 Å². The highest BCUT2D eigenvalue weighted by atomic mass is 35.5. The van der Waals surface area contributed by atoms with Crippen LogP contribution in [-0.4, -0.2) is 36.0 Å². The second-order valence-corrected chi connectivity index (χ2v) is 5.88. The first kappa shape index (κ1) is 18.3. The molecule has 0 bridgehead atoms. The monoisotopic (exact) mass is 350 g/mol. The lowest BCUT2D eigenvalue weighted by molar-refractivity contribution is -0.121. The first-order valence-electron chi connectivity index (χ1n) is 8.01. The molecule has 1 atom stereocenters. The first-order chi connectivity index (χ1) is 11.2. The quantitative estimate of drug-likeness (QED) is 0.788. The maximum Gasteiger partial charge on any atom is 0.241 e. The maximum absolute atomic E-state index is 12.3. The summed E-state index contributed by atoms with van der Waals surface area (Å²) < 4.78 is 1.88. The third-order valence-electron chi connectivity index (χ3n) is 4.26. The van der Waals surface area contributed by atoms with Gasteiger partial charge in [0, 0.05) is 18.9 Å². The van der Waals surface area contributed by atoms with Gasteiger partial charge in [-0.3, -0.25) is 9.59 Å². The number of nitrogens with zero attached hydrogens (tertiary/aromatic N) is 1. The fraction of sp³-hybridized carbons (Fsp3) is 0.412. The number of nitrogens with one attached hydrogen (secondary N) is 3. The minimum atomic E-state index is -0.114. The van der Waals surface area contributed by atoms with E-state index in [9.17, 15) is 9.59 Å². The van der Waals surface area contributed by atoms with E-state index in [4.69, 9.17) is 0 Å². The molecule has 2 amide bonds. The highest BCUT2D eigenvalue weighted by Crippen LogP contribution is 2.21. The summed E-state index contributed by atoms with van der Waals surface area (Å²) in [5.74, 6) is -0.0446. The Balaban J connectivity index is 0.00000208. The van der Waals surface area contributed by atoms with Gasteiger partial charge >= 0.3 is 0 Å². The summed E-state index contributed by atoms with van der Waals surface area (Å²) in [6, 6.07) is 7.62. The van der Waals surface area contributed by atoms with E-state index in [1.165, 1.54) is 0 Å². The standard InChI is InChI=1S/C17H22N4O2.ClH/c1-18-16(22)11-21-9-7-12-5-6-13(10-15(12)21)20-17(23)14-4-2-3-8-19-14;/h5-7,9-10,14,19H,2-4,8,11H2,1H3,(H,18,22)(H,20,23);1H. The Labute approximate surface area is 147 Å². The summed E-state index contributed by atoms with van der Waals surface area (Å²) in [4.78, 5) is 23.9. The van der Waals surface area contributed by atoms with Gasteiger partial charge < -0.3 is 20.5 Å². The largest absolute Gasteiger partial charge is 0.358 e. The van der Waals surface area contributed by atoms with E-state index >= 15 is 0 Å². The lowest BCUT2D eigenvalue weighted by atomic mass is 10.0. The molecule has 1 saturated heterocycles. The summed E-state index contributed by atoms with van der Waals surface area (Å²) in [6.07, 6.45) is 4.97. The van der Waals surface area contributed by atoms with Crippen LogP contribution in [0.15, 0.2) is 30.5 Å². The van der Waals surface area contributed by atoms with Crippen molar-refractivity contribution in [2.75, 3.05) is 18.9 Å². The molecule has 2 heterocycles. The molecular weight excluding hydrogens is 328 g/mol. The van der Waals surface area contributed by atoms with E-state index < -0.39 is 0 Å². The number of rotatable bonds is 4. The topological polar surface area (TPSA) is 75.2 Å². The molecule has 1 aromatic heterocycles. The van der Waals surface area contributed by atoms with Crippen LogP contribution in [0.1, 0.15) is 19.3 Å². The normalized spacial score (nSPS) is 17.1. The lowest BCUT2D eigenvalue weighted by Crippen LogP contribution is -2.43. The van der Waals surface area contributed by atoms with Crippen LogP contribution >= 0.6 is 12.4 Å². The predicted octanol–water partition coefficient (Wildman–Crippen LogP) is 1.89. The second kappa shape index (κ2) is 8.17. The molecule has 1 aliphatic heterocycles. The van der Waals surface area contributed by atoms with Crippen molar-refractivity contribution in [1.82, 2.24) is 15.2 Å². The number of hydrogen-bond acceptors (Lipinski definition) is 3. The van der Waals surface area contributed by atoms with Crippen LogP contribution in [0.4, 0.5) is 5.69 Å². The fourth-order valence-electron chi connectivity index (χ4n) is 2.94. The molecular formula is C17H23ClN4O2. The van der Waals surface area contributed by atoms with Crippen molar-refractivity contribution in [2.24, 2.45) is 0 Å². The Morgan fingerprint density at radius 2 is 2.12 bits per heavy atom. The zero-order chi connectivity index (χ0) is 16.2. The Morgan fingerprint density at radius 3 is 2.83 bits per heavy atom. The molecule has 2 aromatic rings. The minimum Gasteiger partial charge on any atom is -0.358 e. The van der Waals surface area contributed by atoms with E-state index in [1.807, 2.05) is 35.0 Å². The molecule has 3 rings (SSSR count). The van der Waals surface area contributed by atoms with Gasteiger partial charge in [0.05, 0.1) is 11.6 Å². The van der Waals surface area contributed by atoms with Crippen molar-refractivity contribution in [2.45, 2.75) is 31.8 Å². The van der Waals surface area contributed by atoms with Crippen LogP contribution in [0, 0.1) is 0 Å². The number of likely N-dealkylation sites (N-methyl/N-ethyl adjacent to an activating group) is 1. The lowest BCUT2D eigenvalue weighted by Gasteiger charge is -2.22. The fourth-order valence-corrected chi connectivity index (χ4v) is 2.94. The number of anilines is 1. The number of benzene rings is 1. The molecule has 130 valence electrons. The molecule has 1 aliphatic rings. The molecule has 0 saturated carbocycles. The molecule has 24 heavy (non-hydrogen) atoms. The molecule has 0 radical (unpaired) electrons. The third-order valence-corrected chi connectivity index (χ3v) is 4.26. The molecule has 6 nitrogen and oxygen atoms in total. The zero-order valence-corrected chi connectivity index (χ0v) is 14.5. The van der Waals surface area contributed by atoms with Gasteiger partial charge in [0.15, 0.2) is 0 Å². The summed E-state index contributed by atoms with van der Waals surface area (Å²) >= 11 is 0. The van der Waals surface area contributed by atoms with Crippen molar-refractivity contribution < 1.29 is 9.59 Å². The zero-order valence-electron chi connectivity index (χ0n) is 13.7. The van der Waals surface area contributed by atoms with E-state index in [0.29, 0.717) is 0 Å². The Hall–Kier alpha value is -2.05. The van der Waals surface area contributed by atoms with Gasteiger partial charge in [0.2, 0.25) is 11.8 Å². The second-order valence-electron chi connectivity index (χ2n) is 5.88. The molecule has 3 N–H and O–H groups in total. The van der Waals surface area contributed by atoms with Gasteiger partial charge in [-0.1, -0.05) is 12.5 Å². The van der Waals surface area contributed by atoms with Gasteiger partial charge in [-0.25, -0.2) is 0 Å². The number of fused-ring (bicyclic) bond motifs is 1. The van der Waals surface area contributed by atoms with Gasteiger partial charge in [-0.05, 0) is 43.0 Å². The number of hydrogen-bond donors (Lipinski definition) is 3. The minimum absolute atomic E-state index is 0. The van der Waals surface area contributed by atoms with Crippen LogP contribution in [0.3, 0.4) is 0 Å². The van der Waals surface area contributed by atoms with Crippen molar-refractivity contribution in [1.29, 1.82) is 0 Å². The van der Waals surface area contributed by atoms with Crippen molar-refractivity contribution >= 4 is 40.8 Å². The molecule has 1 unspecified atom stereocenters. The van der Waals surface area contributed by atoms with Crippen LogP contribution < -0.4 is 16.0 Å². The van der Waals surface area contributed by atoms with Crippen molar-refractivity contribution in [3.63, 3.8) is 0 Å². The number of aromatic nitrogens is 1. The van der Waals surface area contributed by atoms with Crippen LogP contribution in [-0.2, 0) is 16.1 Å². The van der Waals surface area contributed by atoms with Crippen LogP contribution in [0.25, 0.3) is 10.9 Å². The Morgan fingerprint density at radius 1 is 1.29 bits per heavy atom. The molecule has 1 aromatic carbocycles. The average Bonchev–Trinajstić information content (AvgIpc) is 2.98. The van der Waals surface area contributed by atoms with E-state index in [0.717, 1.165) is 42.4 Å². The number of carbonyl (C=O) groups is 2. The molecule has 1 fully saturated rings. The predicted molar refractivity (Wildman–Crippen MR) is 97.5 cm³/mol. The van der Waals surface area contributed by atoms with Crippen molar-refractivity contribution in [3.05, 3.63) is 30.5 Å². The molecule has 0 aliphatic carbocycles. The number of amides is 2. The highest BCUT2D eigenvalue weighted by Gasteiger charge is 2.20. The maximum atomic E-state index is 12.3. The van der Waals surface area contributed by atoms with Gasteiger partial charge in [-0.15, -0.1) is 12.4 Å².